The monoisotopic (exact) mass is 472 g/mol. The minimum Gasteiger partial charge on any atom is -0.462 e. The number of carbonyl (C=O) groups excluding carboxylic acids is 2. The first-order valence-corrected chi connectivity index (χ1v) is 11.4. The predicted octanol–water partition coefficient (Wildman–Crippen LogP) is 4.26. The molecule has 0 aliphatic rings. The summed E-state index contributed by atoms with van der Waals surface area (Å²) in [6.07, 6.45) is 1.71. The van der Waals surface area contributed by atoms with Crippen molar-refractivity contribution in [1.29, 1.82) is 0 Å². The van der Waals surface area contributed by atoms with Crippen LogP contribution in [0.1, 0.15) is 37.0 Å². The number of benzene rings is 2. The summed E-state index contributed by atoms with van der Waals surface area (Å²) in [5.74, 6) is -1.03. The van der Waals surface area contributed by atoms with Gasteiger partial charge >= 0.3 is 5.97 Å². The van der Waals surface area contributed by atoms with Crippen LogP contribution in [0.5, 0.6) is 0 Å². The normalized spacial score (nSPS) is 12.3. The number of hydrogen-bond donors (Lipinski definition) is 2. The fourth-order valence-electron chi connectivity index (χ4n) is 2.37. The Morgan fingerprint density at radius 3 is 2.40 bits per heavy atom. The van der Waals surface area contributed by atoms with Crippen molar-refractivity contribution in [2.45, 2.75) is 37.6 Å². The third-order valence-corrected chi connectivity index (χ3v) is 6.28. The quantitative estimate of drug-likeness (QED) is 0.419. The number of sulfonamides is 1. The Bertz CT molecular complexity index is 1010. The average molecular weight is 473 g/mol. The number of halogens is 2. The summed E-state index contributed by atoms with van der Waals surface area (Å²) in [4.78, 5) is 24.1. The number of nitrogens with one attached hydrogen (secondary N) is 2. The van der Waals surface area contributed by atoms with E-state index >= 15 is 0 Å². The van der Waals surface area contributed by atoms with E-state index in [1.54, 1.807) is 0 Å². The van der Waals surface area contributed by atoms with Gasteiger partial charge in [0, 0.05) is 10.7 Å². The van der Waals surface area contributed by atoms with E-state index in [9.17, 15) is 18.0 Å². The standard InChI is InChI=1S/C20H22Cl2N2O5S/c1-3-4-11-29-20(26)14-5-8-16(9-6-14)23-19(25)13(2)24-30(27,28)18-12-15(21)7-10-17(18)22/h5-10,12-13,24H,3-4,11H2,1-2H3,(H,23,25)/t13-/m1/s1. The maximum Gasteiger partial charge on any atom is 0.338 e. The Morgan fingerprint density at radius 1 is 1.10 bits per heavy atom. The van der Waals surface area contributed by atoms with E-state index in [1.807, 2.05) is 6.92 Å². The number of rotatable bonds is 9. The molecule has 2 N–H and O–H groups in total. The molecule has 0 fully saturated rings. The number of ether oxygens (including phenoxy) is 1. The molecule has 10 heteroatoms. The summed E-state index contributed by atoms with van der Waals surface area (Å²) in [7, 11) is -4.07. The summed E-state index contributed by atoms with van der Waals surface area (Å²) in [6, 6.07) is 9.03. The molecular formula is C20H22Cl2N2O5S. The molecule has 0 radical (unpaired) electrons. The zero-order valence-electron chi connectivity index (χ0n) is 16.4. The molecule has 30 heavy (non-hydrogen) atoms. The minimum absolute atomic E-state index is 0.0130. The Hall–Kier alpha value is -2.13. The van der Waals surface area contributed by atoms with Crippen LogP contribution in [-0.4, -0.2) is 32.9 Å². The topological polar surface area (TPSA) is 102 Å². The van der Waals surface area contributed by atoms with Crippen LogP contribution in [0.15, 0.2) is 47.4 Å². The van der Waals surface area contributed by atoms with Gasteiger partial charge in [0.1, 0.15) is 4.90 Å². The van der Waals surface area contributed by atoms with Gasteiger partial charge in [-0.15, -0.1) is 0 Å². The molecule has 0 bridgehead atoms. The van der Waals surface area contributed by atoms with Crippen molar-refractivity contribution in [3.05, 3.63) is 58.1 Å². The van der Waals surface area contributed by atoms with Gasteiger partial charge in [-0.05, 0) is 55.8 Å². The zero-order chi connectivity index (χ0) is 22.3. The molecule has 1 atom stereocenters. The second-order valence-corrected chi connectivity index (χ2v) is 9.00. The molecule has 2 aromatic carbocycles. The lowest BCUT2D eigenvalue weighted by atomic mass is 10.2. The number of esters is 1. The molecule has 0 saturated carbocycles. The van der Waals surface area contributed by atoms with Gasteiger partial charge in [0.05, 0.1) is 23.2 Å². The highest BCUT2D eigenvalue weighted by molar-refractivity contribution is 7.89. The molecule has 2 aromatic rings. The summed E-state index contributed by atoms with van der Waals surface area (Å²) in [5, 5.41) is 2.77. The third kappa shape index (κ3) is 6.70. The molecule has 162 valence electrons. The molecule has 0 spiro atoms. The molecule has 0 saturated heterocycles. The lowest BCUT2D eigenvalue weighted by molar-refractivity contribution is -0.117. The smallest absolute Gasteiger partial charge is 0.338 e. The van der Waals surface area contributed by atoms with Crippen molar-refractivity contribution >= 4 is 50.8 Å². The highest BCUT2D eigenvalue weighted by Crippen LogP contribution is 2.25. The van der Waals surface area contributed by atoms with Gasteiger partial charge in [-0.2, -0.15) is 4.72 Å². The summed E-state index contributed by atoms with van der Waals surface area (Å²) >= 11 is 11.8. The highest BCUT2D eigenvalue weighted by atomic mass is 35.5. The van der Waals surface area contributed by atoms with Crippen molar-refractivity contribution in [3.63, 3.8) is 0 Å². The molecular weight excluding hydrogens is 451 g/mol. The maximum atomic E-state index is 12.5. The second-order valence-electron chi connectivity index (χ2n) is 6.47. The van der Waals surface area contributed by atoms with Crippen LogP contribution in [-0.2, 0) is 19.6 Å². The molecule has 0 aromatic heterocycles. The second kappa shape index (κ2) is 10.8. The first-order valence-electron chi connectivity index (χ1n) is 9.19. The lowest BCUT2D eigenvalue weighted by Gasteiger charge is -2.15. The van der Waals surface area contributed by atoms with E-state index < -0.39 is 27.9 Å². The summed E-state index contributed by atoms with van der Waals surface area (Å²) in [6.45, 7) is 3.74. The van der Waals surface area contributed by atoms with Crippen LogP contribution >= 0.6 is 23.2 Å². The van der Waals surface area contributed by atoms with Gasteiger partial charge in [-0.3, -0.25) is 4.79 Å². The van der Waals surface area contributed by atoms with Crippen LogP contribution in [0.25, 0.3) is 0 Å². The van der Waals surface area contributed by atoms with Crippen molar-refractivity contribution < 1.29 is 22.7 Å². The van der Waals surface area contributed by atoms with Crippen LogP contribution < -0.4 is 10.0 Å². The minimum atomic E-state index is -4.07. The fraction of sp³-hybridized carbons (Fsp3) is 0.300. The first kappa shape index (κ1) is 24.1. The molecule has 2 rings (SSSR count). The van der Waals surface area contributed by atoms with Gasteiger partial charge in [-0.25, -0.2) is 13.2 Å². The first-order chi connectivity index (χ1) is 14.1. The van der Waals surface area contributed by atoms with E-state index in [2.05, 4.69) is 10.0 Å². The van der Waals surface area contributed by atoms with Crippen molar-refractivity contribution in [1.82, 2.24) is 4.72 Å². The van der Waals surface area contributed by atoms with Crippen molar-refractivity contribution in [3.8, 4) is 0 Å². The van der Waals surface area contributed by atoms with E-state index in [0.717, 1.165) is 12.8 Å². The Morgan fingerprint density at radius 2 is 1.77 bits per heavy atom. The predicted molar refractivity (Wildman–Crippen MR) is 117 cm³/mol. The van der Waals surface area contributed by atoms with Gasteiger partial charge in [-0.1, -0.05) is 36.5 Å². The van der Waals surface area contributed by atoms with Crippen LogP contribution in [0.3, 0.4) is 0 Å². The fourth-order valence-corrected chi connectivity index (χ4v) is 4.33. The van der Waals surface area contributed by atoms with Gasteiger partial charge < -0.3 is 10.1 Å². The van der Waals surface area contributed by atoms with Crippen LogP contribution in [0, 0.1) is 0 Å². The SMILES string of the molecule is CCCCOC(=O)c1ccc(NC(=O)[C@@H](C)NS(=O)(=O)c2cc(Cl)ccc2Cl)cc1. The van der Waals surface area contributed by atoms with Crippen molar-refractivity contribution in [2.75, 3.05) is 11.9 Å². The third-order valence-electron chi connectivity index (χ3n) is 4.03. The Labute approximate surface area is 185 Å². The van der Waals surface area contributed by atoms with Crippen LogP contribution in [0.2, 0.25) is 10.0 Å². The molecule has 0 unspecified atom stereocenters. The van der Waals surface area contributed by atoms with Crippen LogP contribution in [0.4, 0.5) is 5.69 Å². The summed E-state index contributed by atoms with van der Waals surface area (Å²) < 4.78 is 32.4. The maximum absolute atomic E-state index is 12.5. The number of carbonyl (C=O) groups is 2. The highest BCUT2D eigenvalue weighted by Gasteiger charge is 2.24. The number of unbranched alkanes of at least 4 members (excludes halogenated alkanes) is 1. The Kier molecular flexibility index (Phi) is 8.66. The molecule has 0 aliphatic heterocycles. The molecule has 0 heterocycles. The Balaban J connectivity index is 2.00. The van der Waals surface area contributed by atoms with Crippen molar-refractivity contribution in [2.24, 2.45) is 0 Å². The number of amides is 1. The molecule has 0 aliphatic carbocycles. The molecule has 7 nitrogen and oxygen atoms in total. The zero-order valence-corrected chi connectivity index (χ0v) is 18.8. The van der Waals surface area contributed by atoms with Gasteiger partial charge in [0.2, 0.25) is 15.9 Å². The van der Waals surface area contributed by atoms with Gasteiger partial charge in [0.25, 0.3) is 0 Å². The number of hydrogen-bond acceptors (Lipinski definition) is 5. The van der Waals surface area contributed by atoms with E-state index in [1.165, 1.54) is 49.4 Å². The summed E-state index contributed by atoms with van der Waals surface area (Å²) in [5.41, 5.74) is 0.755. The van der Waals surface area contributed by atoms with E-state index in [-0.39, 0.29) is 14.9 Å². The van der Waals surface area contributed by atoms with E-state index in [4.69, 9.17) is 27.9 Å². The lowest BCUT2D eigenvalue weighted by Crippen LogP contribution is -2.41. The van der Waals surface area contributed by atoms with Gasteiger partial charge in [0.15, 0.2) is 0 Å². The molecule has 1 amide bonds. The average Bonchev–Trinajstić information content (AvgIpc) is 2.70. The largest absolute Gasteiger partial charge is 0.462 e. The van der Waals surface area contributed by atoms with E-state index in [0.29, 0.717) is 17.9 Å². The number of anilines is 1.